The van der Waals surface area contributed by atoms with E-state index in [2.05, 4.69) is 27.4 Å². The molecule has 5 nitrogen and oxygen atoms in total. The predicted molar refractivity (Wildman–Crippen MR) is 106 cm³/mol. The molecule has 0 radical (unpaired) electrons. The van der Waals surface area contributed by atoms with Gasteiger partial charge in [0.1, 0.15) is 23.7 Å². The van der Waals surface area contributed by atoms with Crippen molar-refractivity contribution in [2.45, 2.75) is 19.4 Å². The highest BCUT2D eigenvalue weighted by Crippen LogP contribution is 2.20. The van der Waals surface area contributed by atoms with Crippen LogP contribution in [-0.2, 0) is 19.4 Å². The Morgan fingerprint density at radius 1 is 1.07 bits per heavy atom. The van der Waals surface area contributed by atoms with E-state index in [9.17, 15) is 9.18 Å². The van der Waals surface area contributed by atoms with E-state index in [0.29, 0.717) is 43.1 Å². The number of hydrogen-bond acceptors (Lipinski definition) is 4. The van der Waals surface area contributed by atoms with Gasteiger partial charge in [-0.05, 0) is 35.6 Å². The van der Waals surface area contributed by atoms with Crippen molar-refractivity contribution in [2.24, 2.45) is 0 Å². The lowest BCUT2D eigenvalue weighted by Crippen LogP contribution is -2.36. The van der Waals surface area contributed by atoms with Gasteiger partial charge in [-0.25, -0.2) is 14.4 Å². The fourth-order valence-electron chi connectivity index (χ4n) is 3.43. The summed E-state index contributed by atoms with van der Waals surface area (Å²) in [7, 11) is 0. The third-order valence-corrected chi connectivity index (χ3v) is 4.96. The topological polar surface area (TPSA) is 58.1 Å². The fourth-order valence-corrected chi connectivity index (χ4v) is 3.43. The first-order chi connectivity index (χ1) is 13.7. The lowest BCUT2D eigenvalue weighted by Gasteiger charge is -2.28. The van der Waals surface area contributed by atoms with Gasteiger partial charge in [0.2, 0.25) is 0 Å². The van der Waals surface area contributed by atoms with Gasteiger partial charge >= 0.3 is 0 Å². The number of aromatic nitrogens is 2. The summed E-state index contributed by atoms with van der Waals surface area (Å²) in [6.45, 7) is 1.79. The Morgan fingerprint density at radius 2 is 1.86 bits per heavy atom. The molecular formula is C22H21FN4O. The molecule has 1 amide bonds. The second-order valence-electron chi connectivity index (χ2n) is 6.80. The number of benzene rings is 2. The number of halogens is 1. The van der Waals surface area contributed by atoms with Crippen molar-refractivity contribution in [1.82, 2.24) is 14.9 Å². The van der Waals surface area contributed by atoms with E-state index in [1.165, 1.54) is 23.5 Å². The van der Waals surface area contributed by atoms with Crippen LogP contribution in [-0.4, -0.2) is 33.9 Å². The number of carbonyl (C=O) groups excluding carboxylic acids is 1. The minimum absolute atomic E-state index is 0.103. The van der Waals surface area contributed by atoms with Crippen molar-refractivity contribution in [1.29, 1.82) is 0 Å². The van der Waals surface area contributed by atoms with Gasteiger partial charge in [0.15, 0.2) is 0 Å². The fraction of sp³-hybridized carbons (Fsp3) is 0.227. The molecule has 6 heteroatoms. The van der Waals surface area contributed by atoms with Crippen LogP contribution in [0.2, 0.25) is 0 Å². The minimum Gasteiger partial charge on any atom is -0.370 e. The van der Waals surface area contributed by atoms with Gasteiger partial charge in [-0.15, -0.1) is 0 Å². The van der Waals surface area contributed by atoms with E-state index in [1.807, 2.05) is 23.1 Å². The van der Waals surface area contributed by atoms with Crippen LogP contribution in [0.15, 0.2) is 60.9 Å². The number of hydrogen-bond donors (Lipinski definition) is 1. The van der Waals surface area contributed by atoms with Crippen LogP contribution in [0.1, 0.15) is 27.2 Å². The van der Waals surface area contributed by atoms with E-state index in [0.717, 1.165) is 6.42 Å². The molecule has 0 spiro atoms. The molecule has 2 heterocycles. The standard InChI is InChI=1S/C22H21FN4O/c23-19-8-4-3-6-17(19)9-11-24-21-13-20(25-15-26-21)22(28)27-12-10-16-5-1-2-7-18(16)14-27/h1-8,13,15H,9-12,14H2,(H,24,25,26). The summed E-state index contributed by atoms with van der Waals surface area (Å²) in [6, 6.07) is 16.6. The molecule has 1 N–H and O–H groups in total. The van der Waals surface area contributed by atoms with Gasteiger partial charge in [0.05, 0.1) is 0 Å². The number of fused-ring (bicyclic) bond motifs is 1. The molecule has 1 aliphatic rings. The average Bonchev–Trinajstić information content (AvgIpc) is 2.74. The lowest BCUT2D eigenvalue weighted by molar-refractivity contribution is 0.0728. The minimum atomic E-state index is -0.215. The van der Waals surface area contributed by atoms with Gasteiger partial charge in [-0.1, -0.05) is 42.5 Å². The van der Waals surface area contributed by atoms with Crippen molar-refractivity contribution in [2.75, 3.05) is 18.4 Å². The molecule has 2 aromatic carbocycles. The normalized spacial score (nSPS) is 13.1. The molecular weight excluding hydrogens is 355 g/mol. The zero-order valence-electron chi connectivity index (χ0n) is 15.4. The molecule has 4 rings (SSSR count). The SMILES string of the molecule is O=C(c1cc(NCCc2ccccc2F)ncn1)N1CCc2ccccc2C1. The van der Waals surface area contributed by atoms with Gasteiger partial charge in [-0.3, -0.25) is 4.79 Å². The number of anilines is 1. The summed E-state index contributed by atoms with van der Waals surface area (Å²) in [5, 5.41) is 3.15. The van der Waals surface area contributed by atoms with Crippen LogP contribution in [0.3, 0.4) is 0 Å². The molecule has 3 aromatic rings. The van der Waals surface area contributed by atoms with Crippen LogP contribution in [0.4, 0.5) is 10.2 Å². The van der Waals surface area contributed by atoms with Crippen LogP contribution in [0.25, 0.3) is 0 Å². The molecule has 0 fully saturated rings. The second-order valence-corrected chi connectivity index (χ2v) is 6.80. The molecule has 1 aliphatic heterocycles. The third-order valence-electron chi connectivity index (χ3n) is 4.96. The quantitative estimate of drug-likeness (QED) is 0.741. The van der Waals surface area contributed by atoms with Crippen LogP contribution in [0.5, 0.6) is 0 Å². The van der Waals surface area contributed by atoms with E-state index >= 15 is 0 Å². The van der Waals surface area contributed by atoms with Crippen LogP contribution in [0, 0.1) is 5.82 Å². The van der Waals surface area contributed by atoms with Crippen LogP contribution < -0.4 is 5.32 Å². The third kappa shape index (κ3) is 4.01. The first kappa shape index (κ1) is 18.1. The number of amides is 1. The molecule has 142 valence electrons. The number of carbonyl (C=O) groups is 1. The largest absolute Gasteiger partial charge is 0.370 e. The Balaban J connectivity index is 1.39. The lowest BCUT2D eigenvalue weighted by atomic mass is 10.00. The van der Waals surface area contributed by atoms with Crippen molar-refractivity contribution >= 4 is 11.7 Å². The Labute approximate surface area is 163 Å². The molecule has 0 saturated carbocycles. The first-order valence-corrected chi connectivity index (χ1v) is 9.36. The number of nitrogens with zero attached hydrogens (tertiary/aromatic N) is 3. The monoisotopic (exact) mass is 376 g/mol. The molecule has 0 atom stereocenters. The van der Waals surface area contributed by atoms with Crippen molar-refractivity contribution in [3.63, 3.8) is 0 Å². The summed E-state index contributed by atoms with van der Waals surface area (Å²) in [6.07, 6.45) is 2.76. The average molecular weight is 376 g/mol. The highest BCUT2D eigenvalue weighted by Gasteiger charge is 2.22. The van der Waals surface area contributed by atoms with Gasteiger partial charge in [-0.2, -0.15) is 0 Å². The molecule has 0 bridgehead atoms. The van der Waals surface area contributed by atoms with Gasteiger partial charge < -0.3 is 10.2 Å². The Kier molecular flexibility index (Phi) is 5.28. The Hall–Kier alpha value is -3.28. The summed E-state index contributed by atoms with van der Waals surface area (Å²) >= 11 is 0. The Morgan fingerprint density at radius 3 is 2.71 bits per heavy atom. The molecule has 0 aliphatic carbocycles. The number of rotatable bonds is 5. The molecule has 1 aromatic heterocycles. The molecule has 0 unspecified atom stereocenters. The number of nitrogens with one attached hydrogen (secondary N) is 1. The summed E-state index contributed by atoms with van der Waals surface area (Å²) < 4.78 is 13.7. The maximum atomic E-state index is 13.7. The van der Waals surface area contributed by atoms with Crippen molar-refractivity contribution in [3.05, 3.63) is 89.1 Å². The van der Waals surface area contributed by atoms with E-state index < -0.39 is 0 Å². The maximum Gasteiger partial charge on any atom is 0.272 e. The second kappa shape index (κ2) is 8.17. The van der Waals surface area contributed by atoms with Gasteiger partial charge in [0, 0.05) is 25.7 Å². The summed E-state index contributed by atoms with van der Waals surface area (Å²) in [5.41, 5.74) is 3.49. The zero-order valence-corrected chi connectivity index (χ0v) is 15.4. The maximum absolute atomic E-state index is 13.7. The highest BCUT2D eigenvalue weighted by molar-refractivity contribution is 5.93. The summed E-state index contributed by atoms with van der Waals surface area (Å²) in [5.74, 6) is 0.245. The van der Waals surface area contributed by atoms with Crippen LogP contribution >= 0.6 is 0 Å². The van der Waals surface area contributed by atoms with E-state index in [1.54, 1.807) is 18.2 Å². The first-order valence-electron chi connectivity index (χ1n) is 9.36. The summed E-state index contributed by atoms with van der Waals surface area (Å²) in [4.78, 5) is 23.0. The highest BCUT2D eigenvalue weighted by atomic mass is 19.1. The molecule has 0 saturated heterocycles. The zero-order chi connectivity index (χ0) is 19.3. The van der Waals surface area contributed by atoms with E-state index in [-0.39, 0.29) is 11.7 Å². The molecule has 28 heavy (non-hydrogen) atoms. The van der Waals surface area contributed by atoms with Gasteiger partial charge in [0.25, 0.3) is 5.91 Å². The predicted octanol–water partition coefficient (Wildman–Crippen LogP) is 3.47. The smallest absolute Gasteiger partial charge is 0.272 e. The van der Waals surface area contributed by atoms with Crippen molar-refractivity contribution in [3.8, 4) is 0 Å². The Bertz CT molecular complexity index is 992. The van der Waals surface area contributed by atoms with Crippen molar-refractivity contribution < 1.29 is 9.18 Å². The van der Waals surface area contributed by atoms with E-state index in [4.69, 9.17) is 0 Å².